The van der Waals surface area contributed by atoms with E-state index in [1.54, 1.807) is 24.5 Å². The van der Waals surface area contributed by atoms with E-state index in [2.05, 4.69) is 9.71 Å². The highest BCUT2D eigenvalue weighted by Crippen LogP contribution is 2.21. The van der Waals surface area contributed by atoms with Crippen molar-refractivity contribution in [3.63, 3.8) is 0 Å². The van der Waals surface area contributed by atoms with Gasteiger partial charge in [0, 0.05) is 18.9 Å². The van der Waals surface area contributed by atoms with Crippen molar-refractivity contribution < 1.29 is 18.3 Å². The first kappa shape index (κ1) is 15.4. The third-order valence-electron chi connectivity index (χ3n) is 2.70. The maximum absolute atomic E-state index is 12.1. The summed E-state index contributed by atoms with van der Waals surface area (Å²) < 4.78 is 26.6. The van der Waals surface area contributed by atoms with Crippen LogP contribution in [-0.4, -0.2) is 24.5 Å². The number of rotatable bonds is 5. The first-order valence-electron chi connectivity index (χ1n) is 5.81. The van der Waals surface area contributed by atoms with Crippen molar-refractivity contribution in [2.75, 3.05) is 0 Å². The minimum atomic E-state index is -3.77. The second kappa shape index (κ2) is 6.21. The van der Waals surface area contributed by atoms with Gasteiger partial charge in [0.2, 0.25) is 10.0 Å². The summed E-state index contributed by atoms with van der Waals surface area (Å²) in [6.07, 6.45) is 3.12. The number of halogens is 1. The summed E-state index contributed by atoms with van der Waals surface area (Å²) in [6.45, 7) is 0.100. The number of sulfonamides is 1. The number of benzene rings is 1. The Morgan fingerprint density at radius 3 is 2.48 bits per heavy atom. The summed E-state index contributed by atoms with van der Waals surface area (Å²) >= 11 is 5.77. The molecule has 2 aromatic rings. The quantitative estimate of drug-likeness (QED) is 0.875. The van der Waals surface area contributed by atoms with Gasteiger partial charge in [0.1, 0.15) is 0 Å². The number of nitrogens with zero attached hydrogens (tertiary/aromatic N) is 1. The number of aromatic carboxylic acids is 1. The van der Waals surface area contributed by atoms with Gasteiger partial charge in [-0.25, -0.2) is 17.9 Å². The Morgan fingerprint density at radius 2 is 1.90 bits per heavy atom. The maximum atomic E-state index is 12.1. The molecule has 0 saturated heterocycles. The molecule has 110 valence electrons. The fourth-order valence-corrected chi connectivity index (χ4v) is 2.97. The van der Waals surface area contributed by atoms with Crippen LogP contribution in [0.15, 0.2) is 47.6 Å². The number of pyridine rings is 1. The number of nitrogens with one attached hydrogen (secondary N) is 1. The molecule has 0 bridgehead atoms. The van der Waals surface area contributed by atoms with Gasteiger partial charge in [-0.2, -0.15) is 0 Å². The van der Waals surface area contributed by atoms with Gasteiger partial charge < -0.3 is 5.11 Å². The lowest BCUT2D eigenvalue weighted by atomic mass is 10.2. The van der Waals surface area contributed by atoms with Crippen molar-refractivity contribution in [2.45, 2.75) is 11.4 Å². The van der Waals surface area contributed by atoms with E-state index in [-0.39, 0.29) is 22.0 Å². The largest absolute Gasteiger partial charge is 0.478 e. The molecule has 2 rings (SSSR count). The number of carboxylic acid groups (broad SMARTS) is 1. The van der Waals surface area contributed by atoms with Gasteiger partial charge >= 0.3 is 5.97 Å². The second-order valence-electron chi connectivity index (χ2n) is 4.13. The Hall–Kier alpha value is -1.96. The van der Waals surface area contributed by atoms with Crippen LogP contribution in [0.1, 0.15) is 15.9 Å². The SMILES string of the molecule is O=C(O)c1ccc(S(=O)(=O)NCc2ccncc2)cc1Cl. The first-order valence-corrected chi connectivity index (χ1v) is 7.67. The van der Waals surface area contributed by atoms with Crippen molar-refractivity contribution in [2.24, 2.45) is 0 Å². The van der Waals surface area contributed by atoms with Gasteiger partial charge in [-0.3, -0.25) is 4.98 Å². The van der Waals surface area contributed by atoms with Crippen LogP contribution in [0.5, 0.6) is 0 Å². The Bertz CT molecular complexity index is 763. The van der Waals surface area contributed by atoms with Gasteiger partial charge in [-0.1, -0.05) is 11.6 Å². The monoisotopic (exact) mass is 326 g/mol. The molecular weight excluding hydrogens is 316 g/mol. The van der Waals surface area contributed by atoms with Crippen LogP contribution in [0.2, 0.25) is 5.02 Å². The van der Waals surface area contributed by atoms with E-state index in [0.717, 1.165) is 17.7 Å². The van der Waals surface area contributed by atoms with Crippen molar-refractivity contribution in [3.8, 4) is 0 Å². The fraction of sp³-hybridized carbons (Fsp3) is 0.0769. The molecule has 0 fully saturated rings. The molecule has 0 aliphatic rings. The van der Waals surface area contributed by atoms with Gasteiger partial charge in [-0.05, 0) is 35.9 Å². The van der Waals surface area contributed by atoms with E-state index in [9.17, 15) is 13.2 Å². The van der Waals surface area contributed by atoms with Crippen LogP contribution < -0.4 is 4.72 Å². The third-order valence-corrected chi connectivity index (χ3v) is 4.41. The summed E-state index contributed by atoms with van der Waals surface area (Å²) in [5, 5.41) is 8.73. The molecule has 2 N–H and O–H groups in total. The number of aromatic nitrogens is 1. The predicted octanol–water partition coefficient (Wildman–Crippen LogP) is 1.91. The molecule has 0 saturated carbocycles. The Balaban J connectivity index is 2.20. The van der Waals surface area contributed by atoms with Crippen molar-refractivity contribution in [1.29, 1.82) is 0 Å². The van der Waals surface area contributed by atoms with Crippen molar-refractivity contribution in [3.05, 3.63) is 58.9 Å². The lowest BCUT2D eigenvalue weighted by molar-refractivity contribution is 0.0697. The van der Waals surface area contributed by atoms with E-state index in [1.807, 2.05) is 0 Å². The van der Waals surface area contributed by atoms with E-state index in [4.69, 9.17) is 16.7 Å². The summed E-state index contributed by atoms with van der Waals surface area (Å²) in [6, 6.07) is 6.84. The first-order chi connectivity index (χ1) is 9.90. The molecular formula is C13H11ClN2O4S. The zero-order valence-corrected chi connectivity index (χ0v) is 12.2. The number of hydrogen-bond donors (Lipinski definition) is 2. The molecule has 1 aromatic carbocycles. The highest BCUT2D eigenvalue weighted by atomic mass is 35.5. The highest BCUT2D eigenvalue weighted by Gasteiger charge is 2.17. The van der Waals surface area contributed by atoms with Crippen molar-refractivity contribution >= 4 is 27.6 Å². The van der Waals surface area contributed by atoms with Crippen molar-refractivity contribution in [1.82, 2.24) is 9.71 Å². The third kappa shape index (κ3) is 3.78. The van der Waals surface area contributed by atoms with E-state index in [0.29, 0.717) is 0 Å². The topological polar surface area (TPSA) is 96.4 Å². The van der Waals surface area contributed by atoms with Crippen LogP contribution in [0.25, 0.3) is 0 Å². The maximum Gasteiger partial charge on any atom is 0.337 e. The van der Waals surface area contributed by atoms with Gasteiger partial charge in [-0.15, -0.1) is 0 Å². The molecule has 6 nitrogen and oxygen atoms in total. The van der Waals surface area contributed by atoms with Gasteiger partial charge in [0.05, 0.1) is 15.5 Å². The molecule has 0 aliphatic carbocycles. The lowest BCUT2D eigenvalue weighted by Crippen LogP contribution is -2.23. The number of carboxylic acids is 1. The minimum Gasteiger partial charge on any atom is -0.478 e. The minimum absolute atomic E-state index is 0.0912. The van der Waals surface area contributed by atoms with Crippen LogP contribution in [0, 0.1) is 0 Å². The average Bonchev–Trinajstić information content (AvgIpc) is 2.46. The molecule has 0 unspecified atom stereocenters. The predicted molar refractivity (Wildman–Crippen MR) is 76.7 cm³/mol. The Labute approximate surface area is 126 Å². The van der Waals surface area contributed by atoms with E-state index in [1.165, 1.54) is 6.07 Å². The second-order valence-corrected chi connectivity index (χ2v) is 6.30. The fourth-order valence-electron chi connectivity index (χ4n) is 1.60. The highest BCUT2D eigenvalue weighted by molar-refractivity contribution is 7.89. The molecule has 1 heterocycles. The van der Waals surface area contributed by atoms with Crippen LogP contribution >= 0.6 is 11.6 Å². The van der Waals surface area contributed by atoms with Gasteiger partial charge in [0.25, 0.3) is 0 Å². The summed E-state index contributed by atoms with van der Waals surface area (Å²) in [7, 11) is -3.77. The summed E-state index contributed by atoms with van der Waals surface area (Å²) in [5.74, 6) is -1.21. The number of carbonyl (C=O) groups is 1. The van der Waals surface area contributed by atoms with Crippen LogP contribution in [-0.2, 0) is 16.6 Å². The average molecular weight is 327 g/mol. The van der Waals surface area contributed by atoms with Crippen LogP contribution in [0.4, 0.5) is 0 Å². The summed E-state index contributed by atoms with van der Waals surface area (Å²) in [4.78, 5) is 14.6. The summed E-state index contributed by atoms with van der Waals surface area (Å²) in [5.41, 5.74) is 0.603. The zero-order chi connectivity index (χ0) is 15.5. The Morgan fingerprint density at radius 1 is 1.24 bits per heavy atom. The number of hydrogen-bond acceptors (Lipinski definition) is 4. The normalized spacial score (nSPS) is 11.3. The van der Waals surface area contributed by atoms with Gasteiger partial charge in [0.15, 0.2) is 0 Å². The molecule has 0 radical (unpaired) electrons. The standard InChI is InChI=1S/C13H11ClN2O4S/c14-12-7-10(1-2-11(12)13(17)18)21(19,20)16-8-9-3-5-15-6-4-9/h1-7,16H,8H2,(H,17,18). The molecule has 0 atom stereocenters. The Kier molecular flexibility index (Phi) is 4.56. The molecule has 0 amide bonds. The smallest absolute Gasteiger partial charge is 0.337 e. The zero-order valence-electron chi connectivity index (χ0n) is 10.7. The van der Waals surface area contributed by atoms with E-state index < -0.39 is 16.0 Å². The molecule has 1 aromatic heterocycles. The molecule has 0 spiro atoms. The van der Waals surface area contributed by atoms with Crippen LogP contribution in [0.3, 0.4) is 0 Å². The molecule has 21 heavy (non-hydrogen) atoms. The molecule has 0 aliphatic heterocycles. The molecule has 8 heteroatoms. The lowest BCUT2D eigenvalue weighted by Gasteiger charge is -2.08. The van der Waals surface area contributed by atoms with E-state index >= 15 is 0 Å².